The summed E-state index contributed by atoms with van der Waals surface area (Å²) < 4.78 is 29.4. The first-order chi connectivity index (χ1) is 15.0. The maximum Gasteiger partial charge on any atom is 0.134 e. The van der Waals surface area contributed by atoms with E-state index in [0.717, 1.165) is 24.8 Å². The second kappa shape index (κ2) is 9.96. The summed E-state index contributed by atoms with van der Waals surface area (Å²) in [6, 6.07) is 18.7. The zero-order chi connectivity index (χ0) is 21.8. The lowest BCUT2D eigenvalue weighted by Crippen LogP contribution is -2.14. The van der Waals surface area contributed by atoms with Crippen molar-refractivity contribution in [3.63, 3.8) is 0 Å². The Kier molecular flexibility index (Phi) is 7.07. The van der Waals surface area contributed by atoms with Gasteiger partial charge < -0.3 is 0 Å². The summed E-state index contributed by atoms with van der Waals surface area (Å²) in [5, 5.41) is 0.550. The molecule has 0 N–H and O–H groups in total. The van der Waals surface area contributed by atoms with E-state index in [9.17, 15) is 8.78 Å². The molecule has 1 fully saturated rings. The fourth-order valence-electron chi connectivity index (χ4n) is 4.84. The first-order valence-corrected chi connectivity index (χ1v) is 11.7. The number of aryl methyl sites for hydroxylation is 2. The highest BCUT2D eigenvalue weighted by Crippen LogP contribution is 2.38. The van der Waals surface area contributed by atoms with Crippen LogP contribution >= 0.6 is 11.6 Å². The Morgan fingerprint density at radius 3 is 2.00 bits per heavy atom. The quantitative estimate of drug-likeness (QED) is 0.360. The second-order valence-electron chi connectivity index (χ2n) is 8.79. The molecule has 0 atom stereocenters. The van der Waals surface area contributed by atoms with Crippen LogP contribution in [0.5, 0.6) is 0 Å². The summed E-state index contributed by atoms with van der Waals surface area (Å²) in [5.74, 6) is 0.275. The normalized spacial score (nSPS) is 18.8. The van der Waals surface area contributed by atoms with E-state index >= 15 is 0 Å². The van der Waals surface area contributed by atoms with Crippen LogP contribution in [-0.2, 0) is 12.8 Å². The molecule has 0 unspecified atom stereocenters. The lowest BCUT2D eigenvalue weighted by atomic mass is 9.77. The summed E-state index contributed by atoms with van der Waals surface area (Å²) in [7, 11) is 0. The second-order valence-corrected chi connectivity index (χ2v) is 9.23. The first kappa shape index (κ1) is 22.0. The van der Waals surface area contributed by atoms with Crippen molar-refractivity contribution in [2.45, 2.75) is 57.8 Å². The molecule has 3 aromatic rings. The molecule has 3 heteroatoms. The van der Waals surface area contributed by atoms with Gasteiger partial charge in [0.25, 0.3) is 0 Å². The molecule has 3 aromatic carbocycles. The third-order valence-corrected chi connectivity index (χ3v) is 7.03. The number of rotatable bonds is 6. The minimum absolute atomic E-state index is 0.0232. The average Bonchev–Trinajstić information content (AvgIpc) is 2.79. The van der Waals surface area contributed by atoms with E-state index in [1.807, 2.05) is 0 Å². The molecule has 0 aliphatic heterocycles. The predicted octanol–water partition coefficient (Wildman–Crippen LogP) is 8.75. The summed E-state index contributed by atoms with van der Waals surface area (Å²) in [4.78, 5) is 0. The zero-order valence-corrected chi connectivity index (χ0v) is 18.8. The number of benzene rings is 3. The van der Waals surface area contributed by atoms with Crippen LogP contribution in [0.15, 0.2) is 60.7 Å². The van der Waals surface area contributed by atoms with Gasteiger partial charge in [-0.05, 0) is 103 Å². The summed E-state index contributed by atoms with van der Waals surface area (Å²) in [6.45, 7) is 2.18. The van der Waals surface area contributed by atoms with Gasteiger partial charge in [0.15, 0.2) is 0 Å². The number of halogens is 3. The summed E-state index contributed by atoms with van der Waals surface area (Å²) in [5.41, 5.74) is 4.12. The predicted molar refractivity (Wildman–Crippen MR) is 126 cm³/mol. The Balaban J connectivity index is 1.34. The molecule has 1 saturated carbocycles. The molecule has 1 aliphatic carbocycles. The molecule has 0 saturated heterocycles. The molecule has 1 aliphatic rings. The summed E-state index contributed by atoms with van der Waals surface area (Å²) >= 11 is 5.89. The molecular formula is C28H29ClF2. The van der Waals surface area contributed by atoms with Crippen molar-refractivity contribution in [3.8, 4) is 11.1 Å². The van der Waals surface area contributed by atoms with Crippen LogP contribution in [0.2, 0.25) is 5.02 Å². The van der Waals surface area contributed by atoms with Crippen molar-refractivity contribution in [3.05, 3.63) is 94.0 Å². The van der Waals surface area contributed by atoms with Crippen molar-refractivity contribution in [1.82, 2.24) is 0 Å². The highest BCUT2D eigenvalue weighted by molar-refractivity contribution is 6.30. The van der Waals surface area contributed by atoms with Gasteiger partial charge in [-0.2, -0.15) is 0 Å². The average molecular weight is 439 g/mol. The van der Waals surface area contributed by atoms with Gasteiger partial charge in [0.1, 0.15) is 11.6 Å². The first-order valence-electron chi connectivity index (χ1n) is 11.4. The monoisotopic (exact) mass is 438 g/mol. The molecule has 0 amide bonds. The van der Waals surface area contributed by atoms with Crippen LogP contribution in [0.25, 0.3) is 11.1 Å². The van der Waals surface area contributed by atoms with Crippen molar-refractivity contribution in [1.29, 1.82) is 0 Å². The van der Waals surface area contributed by atoms with Crippen LogP contribution in [-0.4, -0.2) is 0 Å². The molecule has 31 heavy (non-hydrogen) atoms. The topological polar surface area (TPSA) is 0 Å². The van der Waals surface area contributed by atoms with Crippen LogP contribution in [0, 0.1) is 17.6 Å². The van der Waals surface area contributed by atoms with E-state index in [1.54, 1.807) is 24.3 Å². The Morgan fingerprint density at radius 1 is 0.806 bits per heavy atom. The fourth-order valence-corrected chi connectivity index (χ4v) is 4.97. The maximum absolute atomic E-state index is 14.7. The minimum Gasteiger partial charge on any atom is -0.206 e. The van der Waals surface area contributed by atoms with Crippen LogP contribution < -0.4 is 0 Å². The molecule has 0 radical (unpaired) electrons. The molecule has 0 spiro atoms. The van der Waals surface area contributed by atoms with E-state index in [-0.39, 0.29) is 5.56 Å². The molecule has 0 heterocycles. The highest BCUT2D eigenvalue weighted by Gasteiger charge is 2.22. The van der Waals surface area contributed by atoms with Gasteiger partial charge in [-0.25, -0.2) is 8.78 Å². The van der Waals surface area contributed by atoms with Crippen LogP contribution in [0.1, 0.15) is 61.6 Å². The van der Waals surface area contributed by atoms with Gasteiger partial charge >= 0.3 is 0 Å². The smallest absolute Gasteiger partial charge is 0.134 e. The third-order valence-electron chi connectivity index (χ3n) is 6.78. The fraction of sp³-hybridized carbons (Fsp3) is 0.357. The third kappa shape index (κ3) is 5.36. The Morgan fingerprint density at radius 2 is 1.42 bits per heavy atom. The van der Waals surface area contributed by atoms with E-state index in [0.29, 0.717) is 22.4 Å². The van der Waals surface area contributed by atoms with Gasteiger partial charge in [-0.15, -0.1) is 0 Å². The van der Waals surface area contributed by atoms with Crippen molar-refractivity contribution >= 4 is 11.6 Å². The standard InChI is InChI=1S/C28H29ClF2/c1-2-19-5-9-22(10-6-19)23-11-7-20(8-12-23)3-4-21-17-26(30)28(27(31)18-21)24-13-15-25(29)16-14-24/h5-6,9-10,13-18,20,23H,2-4,7-8,11-12H2,1H3/t20-,23-. The SMILES string of the molecule is CCc1ccc([C@H]2CC[C@H](CCc3cc(F)c(-c4ccc(Cl)cc4)c(F)c3)CC2)cc1. The van der Waals surface area contributed by atoms with Gasteiger partial charge in [-0.3, -0.25) is 0 Å². The van der Waals surface area contributed by atoms with Gasteiger partial charge in [-0.1, -0.05) is 54.9 Å². The van der Waals surface area contributed by atoms with Gasteiger partial charge in [0, 0.05) is 5.02 Å². The molecule has 0 nitrogen and oxygen atoms in total. The molecule has 0 aromatic heterocycles. The van der Waals surface area contributed by atoms with Crippen LogP contribution in [0.4, 0.5) is 8.78 Å². The zero-order valence-electron chi connectivity index (χ0n) is 18.0. The Labute approximate surface area is 189 Å². The largest absolute Gasteiger partial charge is 0.206 e. The lowest BCUT2D eigenvalue weighted by molar-refractivity contribution is 0.310. The van der Waals surface area contributed by atoms with Crippen molar-refractivity contribution in [2.24, 2.45) is 5.92 Å². The Hall–Kier alpha value is -2.19. The number of hydrogen-bond donors (Lipinski definition) is 0. The highest BCUT2D eigenvalue weighted by atomic mass is 35.5. The summed E-state index contributed by atoms with van der Waals surface area (Å²) in [6.07, 6.45) is 7.57. The Bertz CT molecular complexity index is 977. The van der Waals surface area contributed by atoms with Gasteiger partial charge in [0.2, 0.25) is 0 Å². The van der Waals surface area contributed by atoms with E-state index in [4.69, 9.17) is 11.6 Å². The number of hydrogen-bond acceptors (Lipinski definition) is 0. The van der Waals surface area contributed by atoms with E-state index in [1.165, 1.54) is 48.9 Å². The molecular weight excluding hydrogens is 410 g/mol. The van der Waals surface area contributed by atoms with Crippen LogP contribution in [0.3, 0.4) is 0 Å². The van der Waals surface area contributed by atoms with Gasteiger partial charge in [0.05, 0.1) is 5.56 Å². The van der Waals surface area contributed by atoms with Crippen molar-refractivity contribution < 1.29 is 8.78 Å². The maximum atomic E-state index is 14.7. The molecule has 0 bridgehead atoms. The van der Waals surface area contributed by atoms with E-state index in [2.05, 4.69) is 31.2 Å². The van der Waals surface area contributed by atoms with E-state index < -0.39 is 11.6 Å². The molecule has 4 rings (SSSR count). The minimum atomic E-state index is -0.503. The van der Waals surface area contributed by atoms with Crippen molar-refractivity contribution in [2.75, 3.05) is 0 Å². The lowest BCUT2D eigenvalue weighted by Gasteiger charge is -2.29. The molecule has 162 valence electrons.